The lowest BCUT2D eigenvalue weighted by atomic mass is 9.96. The molecule has 0 saturated carbocycles. The molecule has 0 radical (unpaired) electrons. The molecule has 1 amide bonds. The fourth-order valence-corrected chi connectivity index (χ4v) is 5.62. The van der Waals surface area contributed by atoms with Crippen LogP contribution in [0.2, 0.25) is 0 Å². The Morgan fingerprint density at radius 1 is 1.00 bits per heavy atom. The van der Waals surface area contributed by atoms with Crippen molar-refractivity contribution in [3.63, 3.8) is 0 Å². The van der Waals surface area contributed by atoms with Gasteiger partial charge in [-0.05, 0) is 105 Å². The molecule has 2 atom stereocenters. The van der Waals surface area contributed by atoms with Crippen LogP contribution in [-0.2, 0) is 4.79 Å². The van der Waals surface area contributed by atoms with E-state index in [0.29, 0.717) is 5.11 Å². The van der Waals surface area contributed by atoms with Crippen LogP contribution in [-0.4, -0.2) is 20.6 Å². The number of hydrogen-bond donors (Lipinski definition) is 2. The second kappa shape index (κ2) is 9.82. The summed E-state index contributed by atoms with van der Waals surface area (Å²) in [5, 5.41) is 7.03. The third-order valence-corrected chi connectivity index (χ3v) is 7.27. The molecule has 6 nitrogen and oxygen atoms in total. The van der Waals surface area contributed by atoms with Gasteiger partial charge < -0.3 is 20.1 Å². The molecule has 1 saturated heterocycles. The average Bonchev–Trinajstić information content (AvgIpc) is 3.36. The summed E-state index contributed by atoms with van der Waals surface area (Å²) in [5.74, 6) is -0.0990. The van der Waals surface area contributed by atoms with Crippen LogP contribution in [0.5, 0.6) is 0 Å². The number of aromatic nitrogens is 2. The smallest absolute Gasteiger partial charge is 0.221 e. The van der Waals surface area contributed by atoms with E-state index in [0.717, 1.165) is 17.1 Å². The van der Waals surface area contributed by atoms with E-state index in [1.165, 1.54) is 40.7 Å². The van der Waals surface area contributed by atoms with Crippen LogP contribution in [0.3, 0.4) is 0 Å². The molecule has 0 bridgehead atoms. The normalized spacial score (nSPS) is 17.1. The molecule has 2 aromatic carbocycles. The number of carbonyl (C=O) groups excluding carboxylic acids is 1. The first-order valence-corrected chi connectivity index (χ1v) is 12.8. The first-order chi connectivity index (χ1) is 17.7. The zero-order chi connectivity index (χ0) is 26.3. The first kappa shape index (κ1) is 24.7. The van der Waals surface area contributed by atoms with Crippen LogP contribution in [0.4, 0.5) is 11.4 Å². The summed E-state index contributed by atoms with van der Waals surface area (Å²) >= 11 is 5.90. The van der Waals surface area contributed by atoms with Gasteiger partial charge in [0.2, 0.25) is 5.91 Å². The number of aryl methyl sites for hydroxylation is 3. The number of nitrogens with zero attached hydrogens (tertiary/aromatic N) is 3. The van der Waals surface area contributed by atoms with Gasteiger partial charge in [0.05, 0.1) is 17.8 Å². The van der Waals surface area contributed by atoms with E-state index in [9.17, 15) is 4.79 Å². The van der Waals surface area contributed by atoms with Crippen molar-refractivity contribution in [2.24, 2.45) is 0 Å². The van der Waals surface area contributed by atoms with Gasteiger partial charge in [0, 0.05) is 41.6 Å². The molecule has 0 aliphatic carbocycles. The van der Waals surface area contributed by atoms with E-state index in [1.807, 2.05) is 48.7 Å². The number of pyridine rings is 1. The molecule has 2 N–H and O–H groups in total. The molecular weight excluding hydrogens is 478 g/mol. The molecule has 1 aliphatic heterocycles. The number of amides is 1. The number of rotatable bonds is 5. The summed E-state index contributed by atoms with van der Waals surface area (Å²) in [4.78, 5) is 18.4. The molecule has 37 heavy (non-hydrogen) atoms. The van der Waals surface area contributed by atoms with Crippen LogP contribution in [0, 0.1) is 27.7 Å². The van der Waals surface area contributed by atoms with E-state index in [1.54, 1.807) is 0 Å². The Kier molecular flexibility index (Phi) is 6.56. The van der Waals surface area contributed by atoms with E-state index < -0.39 is 0 Å². The van der Waals surface area contributed by atoms with Crippen molar-refractivity contribution in [3.8, 4) is 5.69 Å². The molecule has 7 heteroatoms. The minimum absolute atomic E-state index is 0.0990. The van der Waals surface area contributed by atoms with Gasteiger partial charge in [-0.1, -0.05) is 18.2 Å². The quantitative estimate of drug-likeness (QED) is 0.312. The third-order valence-electron chi connectivity index (χ3n) is 6.96. The molecule has 4 aromatic rings. The highest BCUT2D eigenvalue weighted by Gasteiger charge is 2.42. The zero-order valence-electron chi connectivity index (χ0n) is 21.7. The highest BCUT2D eigenvalue weighted by Crippen LogP contribution is 2.44. The lowest BCUT2D eigenvalue weighted by Crippen LogP contribution is -2.29. The van der Waals surface area contributed by atoms with Crippen LogP contribution in [0.15, 0.2) is 72.9 Å². The summed E-state index contributed by atoms with van der Waals surface area (Å²) in [6, 6.07) is 22.4. The minimum Gasteiger partial charge on any atom is -0.351 e. The lowest BCUT2D eigenvalue weighted by Gasteiger charge is -2.28. The highest BCUT2D eigenvalue weighted by molar-refractivity contribution is 7.80. The van der Waals surface area contributed by atoms with Crippen LogP contribution < -0.4 is 15.5 Å². The van der Waals surface area contributed by atoms with Crippen molar-refractivity contribution in [2.75, 3.05) is 10.2 Å². The Morgan fingerprint density at radius 2 is 1.76 bits per heavy atom. The van der Waals surface area contributed by atoms with Crippen molar-refractivity contribution in [1.29, 1.82) is 0 Å². The number of anilines is 2. The van der Waals surface area contributed by atoms with Gasteiger partial charge in [-0.3, -0.25) is 9.78 Å². The SMILES string of the molecule is CC(=O)Nc1ccc(N2C(=S)N[C@@H](c3ccccn3)[C@@H]2c2cc(C)n(-c3cc(C)ccc3C)c2C)cc1. The summed E-state index contributed by atoms with van der Waals surface area (Å²) in [6.07, 6.45) is 1.82. The predicted molar refractivity (Wildman–Crippen MR) is 153 cm³/mol. The summed E-state index contributed by atoms with van der Waals surface area (Å²) in [6.45, 7) is 10.1. The molecule has 2 aromatic heterocycles. The second-order valence-corrected chi connectivity index (χ2v) is 10.1. The monoisotopic (exact) mass is 509 g/mol. The molecule has 1 fully saturated rings. The zero-order valence-corrected chi connectivity index (χ0v) is 22.6. The van der Waals surface area contributed by atoms with Crippen molar-refractivity contribution < 1.29 is 4.79 Å². The summed E-state index contributed by atoms with van der Waals surface area (Å²) in [5.41, 5.74) is 9.80. The standard InChI is InChI=1S/C30H31N5OS/c1-18-9-10-19(2)27(16-18)34-20(3)17-25(21(34)4)29-28(26-8-6-7-15-31-26)33-30(37)35(29)24-13-11-23(12-14-24)32-22(5)36/h6-17,28-29H,1-5H3,(H,32,36)(H,33,37)/t28-,29-/m0/s1. The number of hydrogen-bond acceptors (Lipinski definition) is 3. The Balaban J connectivity index is 1.65. The van der Waals surface area contributed by atoms with E-state index in [-0.39, 0.29) is 18.0 Å². The molecule has 0 spiro atoms. The largest absolute Gasteiger partial charge is 0.351 e. The molecule has 5 rings (SSSR count). The molecule has 0 unspecified atom stereocenters. The van der Waals surface area contributed by atoms with E-state index in [4.69, 9.17) is 12.2 Å². The summed E-state index contributed by atoms with van der Waals surface area (Å²) in [7, 11) is 0. The number of nitrogens with one attached hydrogen (secondary N) is 2. The maximum absolute atomic E-state index is 11.5. The minimum atomic E-state index is -0.128. The van der Waals surface area contributed by atoms with Gasteiger partial charge >= 0.3 is 0 Å². The fraction of sp³-hybridized carbons (Fsp3) is 0.233. The Bertz CT molecular complexity index is 1480. The van der Waals surface area contributed by atoms with Gasteiger partial charge in [-0.15, -0.1) is 0 Å². The van der Waals surface area contributed by atoms with Crippen molar-refractivity contribution >= 4 is 34.6 Å². The summed E-state index contributed by atoms with van der Waals surface area (Å²) < 4.78 is 2.34. The molecule has 188 valence electrons. The second-order valence-electron chi connectivity index (χ2n) is 9.68. The van der Waals surface area contributed by atoms with Crippen molar-refractivity contribution in [2.45, 2.75) is 46.7 Å². The Labute approximate surface area is 223 Å². The topological polar surface area (TPSA) is 62.2 Å². The maximum atomic E-state index is 11.5. The lowest BCUT2D eigenvalue weighted by molar-refractivity contribution is -0.114. The van der Waals surface area contributed by atoms with Gasteiger partial charge in [-0.25, -0.2) is 0 Å². The molecule has 1 aliphatic rings. The molecular formula is C30H31N5OS. The van der Waals surface area contributed by atoms with Crippen molar-refractivity contribution in [1.82, 2.24) is 14.9 Å². The number of thiocarbonyl (C=S) groups is 1. The third kappa shape index (κ3) is 4.62. The van der Waals surface area contributed by atoms with Gasteiger partial charge in [-0.2, -0.15) is 0 Å². The van der Waals surface area contributed by atoms with Gasteiger partial charge in [0.25, 0.3) is 0 Å². The Hall–Kier alpha value is -3.97. The molecule has 3 heterocycles. The highest BCUT2D eigenvalue weighted by atomic mass is 32.1. The number of benzene rings is 2. The predicted octanol–water partition coefficient (Wildman–Crippen LogP) is 6.24. The van der Waals surface area contributed by atoms with Gasteiger partial charge in [0.1, 0.15) is 0 Å². The van der Waals surface area contributed by atoms with Gasteiger partial charge in [0.15, 0.2) is 5.11 Å². The Morgan fingerprint density at radius 3 is 2.43 bits per heavy atom. The van der Waals surface area contributed by atoms with Crippen LogP contribution in [0.1, 0.15) is 52.8 Å². The number of carbonyl (C=O) groups is 1. The first-order valence-electron chi connectivity index (χ1n) is 12.4. The van der Waals surface area contributed by atoms with Crippen molar-refractivity contribution in [3.05, 3.63) is 107 Å². The van der Waals surface area contributed by atoms with E-state index >= 15 is 0 Å². The van der Waals surface area contributed by atoms with Crippen LogP contribution >= 0.6 is 12.2 Å². The average molecular weight is 510 g/mol. The maximum Gasteiger partial charge on any atom is 0.221 e. The fourth-order valence-electron chi connectivity index (χ4n) is 5.28. The van der Waals surface area contributed by atoms with E-state index in [2.05, 4.69) is 77.0 Å². The van der Waals surface area contributed by atoms with Crippen LogP contribution in [0.25, 0.3) is 5.69 Å².